The summed E-state index contributed by atoms with van der Waals surface area (Å²) in [6.45, 7) is 2.87. The molecule has 1 heterocycles. The predicted octanol–water partition coefficient (Wildman–Crippen LogP) is 2.42. The van der Waals surface area contributed by atoms with Crippen molar-refractivity contribution in [2.45, 2.75) is 13.3 Å². The summed E-state index contributed by atoms with van der Waals surface area (Å²) in [6.07, 6.45) is 0.335. The van der Waals surface area contributed by atoms with E-state index in [1.807, 2.05) is 13.0 Å². The Morgan fingerprint density at radius 2 is 2.40 bits per heavy atom. The van der Waals surface area contributed by atoms with Gasteiger partial charge in [-0.1, -0.05) is 0 Å². The van der Waals surface area contributed by atoms with Gasteiger partial charge in [0.05, 0.1) is 12.5 Å². The molecule has 4 nitrogen and oxygen atoms in total. The molecule has 1 aromatic rings. The Hall–Kier alpha value is -1.28. The quantitative estimate of drug-likeness (QED) is 0.844. The second-order valence-electron chi connectivity index (χ2n) is 2.90. The van der Waals surface area contributed by atoms with Crippen LogP contribution in [0.1, 0.15) is 23.9 Å². The Bertz CT molecular complexity index is 381. The zero-order valence-electron chi connectivity index (χ0n) is 8.36. The number of nitriles is 1. The Morgan fingerprint density at radius 1 is 1.67 bits per heavy atom. The topological polar surface area (TPSA) is 57.2 Å². The summed E-state index contributed by atoms with van der Waals surface area (Å²) in [5, 5.41) is 8.45. The smallest absolute Gasteiger partial charge is 0.289 e. The van der Waals surface area contributed by atoms with Crippen LogP contribution in [0.25, 0.3) is 0 Å². The lowest BCUT2D eigenvalue weighted by Gasteiger charge is -2.17. The van der Waals surface area contributed by atoms with Gasteiger partial charge >= 0.3 is 0 Å². The van der Waals surface area contributed by atoms with Crippen LogP contribution in [0.4, 0.5) is 0 Å². The van der Waals surface area contributed by atoms with E-state index in [9.17, 15) is 4.79 Å². The molecule has 0 N–H and O–H groups in total. The maximum atomic E-state index is 11.8. The molecule has 1 amide bonds. The summed E-state index contributed by atoms with van der Waals surface area (Å²) < 4.78 is 5.68. The van der Waals surface area contributed by atoms with Crippen molar-refractivity contribution < 1.29 is 9.21 Å². The molecule has 80 valence electrons. The Kier molecular flexibility index (Phi) is 4.37. The molecule has 0 aliphatic heterocycles. The third-order valence-electron chi connectivity index (χ3n) is 1.95. The summed E-state index contributed by atoms with van der Waals surface area (Å²) in [7, 11) is 0. The van der Waals surface area contributed by atoms with Crippen molar-refractivity contribution in [2.24, 2.45) is 0 Å². The van der Waals surface area contributed by atoms with E-state index in [1.165, 1.54) is 0 Å². The first-order valence-electron chi connectivity index (χ1n) is 4.60. The van der Waals surface area contributed by atoms with Gasteiger partial charge in [-0.2, -0.15) is 5.26 Å². The van der Waals surface area contributed by atoms with Gasteiger partial charge in [0.2, 0.25) is 0 Å². The standard InChI is InChI=1S/C10H11BrN2O2/c1-2-13(7-3-6-12)10(14)8-4-5-9(11)15-8/h4-5H,2-3,7H2,1H3. The van der Waals surface area contributed by atoms with Crippen molar-refractivity contribution in [2.75, 3.05) is 13.1 Å². The molecule has 5 heteroatoms. The molecule has 0 aromatic carbocycles. The maximum absolute atomic E-state index is 11.8. The molecule has 1 aromatic heterocycles. The van der Waals surface area contributed by atoms with Crippen LogP contribution in [0, 0.1) is 11.3 Å². The number of halogens is 1. The SMILES string of the molecule is CCN(CCC#N)C(=O)c1ccc(Br)o1. The number of nitrogens with zero attached hydrogens (tertiary/aromatic N) is 2. The van der Waals surface area contributed by atoms with Crippen LogP contribution in [0.15, 0.2) is 21.2 Å². The molecule has 1 rings (SSSR count). The highest BCUT2D eigenvalue weighted by molar-refractivity contribution is 9.10. The molecule has 0 aliphatic rings. The van der Waals surface area contributed by atoms with E-state index in [2.05, 4.69) is 15.9 Å². The van der Waals surface area contributed by atoms with E-state index >= 15 is 0 Å². The molecule has 0 saturated carbocycles. The second kappa shape index (κ2) is 5.56. The highest BCUT2D eigenvalue weighted by atomic mass is 79.9. The van der Waals surface area contributed by atoms with E-state index in [0.29, 0.717) is 29.9 Å². The minimum atomic E-state index is -0.182. The monoisotopic (exact) mass is 270 g/mol. The van der Waals surface area contributed by atoms with Gasteiger partial charge in [0.15, 0.2) is 10.4 Å². The van der Waals surface area contributed by atoms with Crippen LogP contribution in [0.3, 0.4) is 0 Å². The van der Waals surface area contributed by atoms with E-state index < -0.39 is 0 Å². The molecule has 0 atom stereocenters. The van der Waals surface area contributed by atoms with Gasteiger partial charge < -0.3 is 9.32 Å². The van der Waals surface area contributed by atoms with E-state index in [4.69, 9.17) is 9.68 Å². The van der Waals surface area contributed by atoms with Gasteiger partial charge in [0.25, 0.3) is 5.91 Å². The summed E-state index contributed by atoms with van der Waals surface area (Å²) in [5.74, 6) is 0.111. The van der Waals surface area contributed by atoms with Crippen molar-refractivity contribution in [1.29, 1.82) is 5.26 Å². The number of hydrogen-bond acceptors (Lipinski definition) is 3. The third-order valence-corrected chi connectivity index (χ3v) is 2.37. The normalized spacial score (nSPS) is 9.67. The Labute approximate surface area is 96.6 Å². The summed E-state index contributed by atoms with van der Waals surface area (Å²) in [6, 6.07) is 5.29. The van der Waals surface area contributed by atoms with Gasteiger partial charge in [-0.25, -0.2) is 0 Å². The van der Waals surface area contributed by atoms with Crippen LogP contribution in [-0.2, 0) is 0 Å². The third kappa shape index (κ3) is 3.10. The highest BCUT2D eigenvalue weighted by Gasteiger charge is 2.16. The molecular formula is C10H11BrN2O2. The Morgan fingerprint density at radius 3 is 2.87 bits per heavy atom. The van der Waals surface area contributed by atoms with E-state index in [1.54, 1.807) is 17.0 Å². The number of furan rings is 1. The molecule has 15 heavy (non-hydrogen) atoms. The largest absolute Gasteiger partial charge is 0.444 e. The fourth-order valence-electron chi connectivity index (χ4n) is 1.17. The van der Waals surface area contributed by atoms with E-state index in [-0.39, 0.29) is 5.91 Å². The van der Waals surface area contributed by atoms with Gasteiger partial charge in [-0.3, -0.25) is 4.79 Å². The van der Waals surface area contributed by atoms with Crippen LogP contribution in [-0.4, -0.2) is 23.9 Å². The lowest BCUT2D eigenvalue weighted by Crippen LogP contribution is -2.31. The maximum Gasteiger partial charge on any atom is 0.289 e. The first kappa shape index (κ1) is 11.8. The van der Waals surface area contributed by atoms with Gasteiger partial charge in [-0.15, -0.1) is 0 Å². The first-order chi connectivity index (χ1) is 7.19. The fraction of sp³-hybridized carbons (Fsp3) is 0.400. The molecule has 0 saturated heterocycles. The summed E-state index contributed by atoms with van der Waals surface area (Å²) in [5.41, 5.74) is 0. The van der Waals surface area contributed by atoms with Gasteiger partial charge in [0, 0.05) is 13.1 Å². The highest BCUT2D eigenvalue weighted by Crippen LogP contribution is 2.15. The first-order valence-corrected chi connectivity index (χ1v) is 5.40. The molecule has 0 fully saturated rings. The minimum absolute atomic E-state index is 0.182. The van der Waals surface area contributed by atoms with Crippen molar-refractivity contribution in [3.05, 3.63) is 22.6 Å². The lowest BCUT2D eigenvalue weighted by molar-refractivity contribution is 0.0734. The number of carbonyl (C=O) groups is 1. The van der Waals surface area contributed by atoms with Crippen molar-refractivity contribution in [3.8, 4) is 6.07 Å². The lowest BCUT2D eigenvalue weighted by atomic mass is 10.3. The molecule has 0 spiro atoms. The molecule has 0 aliphatic carbocycles. The van der Waals surface area contributed by atoms with Gasteiger partial charge in [-0.05, 0) is 35.0 Å². The number of rotatable bonds is 4. The number of carbonyl (C=O) groups excluding carboxylic acids is 1. The van der Waals surface area contributed by atoms with E-state index in [0.717, 1.165) is 0 Å². The van der Waals surface area contributed by atoms with Crippen LogP contribution in [0.5, 0.6) is 0 Å². The number of hydrogen-bond donors (Lipinski definition) is 0. The number of amides is 1. The van der Waals surface area contributed by atoms with Crippen molar-refractivity contribution >= 4 is 21.8 Å². The van der Waals surface area contributed by atoms with Crippen LogP contribution < -0.4 is 0 Å². The zero-order chi connectivity index (χ0) is 11.3. The Balaban J connectivity index is 2.69. The second-order valence-corrected chi connectivity index (χ2v) is 3.68. The van der Waals surface area contributed by atoms with Crippen LogP contribution in [0.2, 0.25) is 0 Å². The van der Waals surface area contributed by atoms with Crippen LogP contribution >= 0.6 is 15.9 Å². The van der Waals surface area contributed by atoms with Crippen molar-refractivity contribution in [1.82, 2.24) is 4.90 Å². The summed E-state index contributed by atoms with van der Waals surface area (Å²) >= 11 is 3.13. The molecule has 0 bridgehead atoms. The minimum Gasteiger partial charge on any atom is -0.444 e. The predicted molar refractivity (Wildman–Crippen MR) is 58.2 cm³/mol. The fourth-order valence-corrected chi connectivity index (χ4v) is 1.48. The molecular weight excluding hydrogens is 260 g/mol. The average molecular weight is 271 g/mol. The van der Waals surface area contributed by atoms with Gasteiger partial charge in [0.1, 0.15) is 0 Å². The molecule has 0 radical (unpaired) electrons. The van der Waals surface area contributed by atoms with Crippen molar-refractivity contribution in [3.63, 3.8) is 0 Å². The average Bonchev–Trinajstić information content (AvgIpc) is 2.65. The molecule has 0 unspecified atom stereocenters. The zero-order valence-corrected chi connectivity index (χ0v) is 9.95. The summed E-state index contributed by atoms with van der Waals surface area (Å²) in [4.78, 5) is 13.4.